The maximum Gasteiger partial charge on any atom is 0.223 e. The maximum atomic E-state index is 12.1. The fraction of sp³-hybridized carbons (Fsp3) is 0.533. The summed E-state index contributed by atoms with van der Waals surface area (Å²) in [4.78, 5) is 12.1. The standard InChI is InChI=1S/C15H22N2O2/c1-10(5-4-8-16)15(19)17-14-12-7-3-2-6-11(12)9-13(14)18/h2-3,6-7,10,13-14,18H,4-5,8-9,16H2,1H3,(H,17,19)/t10?,13-,14+/m0/s1. The van der Waals surface area contributed by atoms with Gasteiger partial charge in [0.05, 0.1) is 12.1 Å². The SMILES string of the molecule is CC(CCCN)C(=O)N[C@@H]1c2ccccc2C[C@@H]1O. The van der Waals surface area contributed by atoms with Crippen molar-refractivity contribution in [1.82, 2.24) is 5.32 Å². The van der Waals surface area contributed by atoms with Crippen LogP contribution in [0.4, 0.5) is 0 Å². The largest absolute Gasteiger partial charge is 0.390 e. The summed E-state index contributed by atoms with van der Waals surface area (Å²) in [5.41, 5.74) is 7.61. The Morgan fingerprint density at radius 3 is 3.00 bits per heavy atom. The van der Waals surface area contributed by atoms with Crippen LogP contribution in [-0.4, -0.2) is 23.7 Å². The van der Waals surface area contributed by atoms with Crippen molar-refractivity contribution in [3.05, 3.63) is 35.4 Å². The van der Waals surface area contributed by atoms with Gasteiger partial charge in [-0.1, -0.05) is 31.2 Å². The van der Waals surface area contributed by atoms with Crippen LogP contribution in [0.1, 0.15) is 36.9 Å². The third-order valence-electron chi connectivity index (χ3n) is 3.79. The summed E-state index contributed by atoms with van der Waals surface area (Å²) in [6, 6.07) is 7.60. The lowest BCUT2D eigenvalue weighted by Gasteiger charge is -2.20. The highest BCUT2D eigenvalue weighted by atomic mass is 16.3. The Hall–Kier alpha value is -1.39. The second kappa shape index (κ2) is 6.17. The van der Waals surface area contributed by atoms with Crippen molar-refractivity contribution in [2.75, 3.05) is 6.54 Å². The van der Waals surface area contributed by atoms with E-state index in [1.165, 1.54) is 0 Å². The molecule has 4 N–H and O–H groups in total. The zero-order valence-electron chi connectivity index (χ0n) is 11.3. The molecule has 0 heterocycles. The van der Waals surface area contributed by atoms with Crippen LogP contribution in [0, 0.1) is 5.92 Å². The van der Waals surface area contributed by atoms with Gasteiger partial charge in [-0.05, 0) is 30.5 Å². The molecule has 104 valence electrons. The molecule has 1 unspecified atom stereocenters. The van der Waals surface area contributed by atoms with Gasteiger partial charge in [0.15, 0.2) is 0 Å². The number of nitrogens with two attached hydrogens (primary N) is 1. The Morgan fingerprint density at radius 1 is 1.53 bits per heavy atom. The number of fused-ring (bicyclic) bond motifs is 1. The Kier molecular flexibility index (Phi) is 4.56. The van der Waals surface area contributed by atoms with Gasteiger partial charge in [0, 0.05) is 12.3 Å². The van der Waals surface area contributed by atoms with Crippen molar-refractivity contribution in [2.45, 2.75) is 38.3 Å². The summed E-state index contributed by atoms with van der Waals surface area (Å²) in [6.07, 6.45) is 1.71. The molecule has 0 radical (unpaired) electrons. The van der Waals surface area contributed by atoms with Gasteiger partial charge in [0.25, 0.3) is 0 Å². The number of rotatable bonds is 5. The second-order valence-corrected chi connectivity index (χ2v) is 5.29. The Morgan fingerprint density at radius 2 is 2.26 bits per heavy atom. The first kappa shape index (κ1) is 14.0. The maximum absolute atomic E-state index is 12.1. The molecule has 4 nitrogen and oxygen atoms in total. The Balaban J connectivity index is 2.01. The van der Waals surface area contributed by atoms with E-state index in [4.69, 9.17) is 5.73 Å². The van der Waals surface area contributed by atoms with Crippen LogP contribution >= 0.6 is 0 Å². The highest BCUT2D eigenvalue weighted by Gasteiger charge is 2.32. The molecule has 1 aromatic rings. The average Bonchev–Trinajstić information content (AvgIpc) is 2.72. The van der Waals surface area contributed by atoms with Crippen LogP contribution < -0.4 is 11.1 Å². The molecular weight excluding hydrogens is 240 g/mol. The van der Waals surface area contributed by atoms with Crippen molar-refractivity contribution in [1.29, 1.82) is 0 Å². The van der Waals surface area contributed by atoms with E-state index in [2.05, 4.69) is 5.32 Å². The van der Waals surface area contributed by atoms with Crippen molar-refractivity contribution >= 4 is 5.91 Å². The van der Waals surface area contributed by atoms with E-state index in [0.29, 0.717) is 13.0 Å². The minimum Gasteiger partial charge on any atom is -0.390 e. The average molecular weight is 262 g/mol. The first-order chi connectivity index (χ1) is 9.13. The van der Waals surface area contributed by atoms with Crippen LogP contribution in [0.5, 0.6) is 0 Å². The minimum absolute atomic E-state index is 0.00537. The number of hydrogen-bond donors (Lipinski definition) is 3. The quantitative estimate of drug-likeness (QED) is 0.744. The lowest BCUT2D eigenvalue weighted by Crippen LogP contribution is -2.37. The van der Waals surface area contributed by atoms with Crippen LogP contribution in [0.25, 0.3) is 0 Å². The number of amides is 1. The van der Waals surface area contributed by atoms with E-state index in [1.54, 1.807) is 0 Å². The summed E-state index contributed by atoms with van der Waals surface area (Å²) in [5.74, 6) is -0.0716. The number of nitrogens with one attached hydrogen (secondary N) is 1. The molecule has 0 saturated carbocycles. The predicted molar refractivity (Wildman–Crippen MR) is 74.5 cm³/mol. The van der Waals surface area contributed by atoms with E-state index in [1.807, 2.05) is 31.2 Å². The van der Waals surface area contributed by atoms with E-state index < -0.39 is 6.10 Å². The fourth-order valence-corrected chi connectivity index (χ4v) is 2.60. The molecule has 0 bridgehead atoms. The lowest BCUT2D eigenvalue weighted by atomic mass is 10.0. The summed E-state index contributed by atoms with van der Waals surface area (Å²) in [6.45, 7) is 2.50. The van der Waals surface area contributed by atoms with Gasteiger partial charge in [-0.3, -0.25) is 4.79 Å². The van der Waals surface area contributed by atoms with E-state index in [-0.39, 0.29) is 17.9 Å². The molecule has 1 amide bonds. The molecule has 0 aliphatic heterocycles. The molecule has 0 aromatic heterocycles. The van der Waals surface area contributed by atoms with Gasteiger partial charge in [0.1, 0.15) is 0 Å². The zero-order valence-corrected chi connectivity index (χ0v) is 11.3. The smallest absolute Gasteiger partial charge is 0.223 e. The lowest BCUT2D eigenvalue weighted by molar-refractivity contribution is -0.126. The van der Waals surface area contributed by atoms with E-state index >= 15 is 0 Å². The highest BCUT2D eigenvalue weighted by Crippen LogP contribution is 2.31. The van der Waals surface area contributed by atoms with Crippen molar-refractivity contribution in [2.24, 2.45) is 11.7 Å². The molecular formula is C15H22N2O2. The van der Waals surface area contributed by atoms with Crippen molar-refractivity contribution < 1.29 is 9.90 Å². The Labute approximate surface area is 114 Å². The summed E-state index contributed by atoms with van der Waals surface area (Å²) in [5, 5.41) is 13.0. The molecule has 3 atom stereocenters. The van der Waals surface area contributed by atoms with Gasteiger partial charge < -0.3 is 16.2 Å². The number of benzene rings is 1. The van der Waals surface area contributed by atoms with Crippen molar-refractivity contribution in [3.8, 4) is 0 Å². The van der Waals surface area contributed by atoms with Gasteiger partial charge in [-0.25, -0.2) is 0 Å². The van der Waals surface area contributed by atoms with Gasteiger partial charge >= 0.3 is 0 Å². The molecule has 2 rings (SSSR count). The number of hydrogen-bond acceptors (Lipinski definition) is 3. The number of carbonyl (C=O) groups excluding carboxylic acids is 1. The first-order valence-corrected chi connectivity index (χ1v) is 6.89. The second-order valence-electron chi connectivity index (χ2n) is 5.29. The normalized spacial score (nSPS) is 22.9. The topological polar surface area (TPSA) is 75.4 Å². The number of carbonyl (C=O) groups is 1. The molecule has 0 spiro atoms. The summed E-state index contributed by atoms with van der Waals surface area (Å²) < 4.78 is 0. The van der Waals surface area contributed by atoms with Gasteiger partial charge in [-0.15, -0.1) is 0 Å². The van der Waals surface area contributed by atoms with E-state index in [0.717, 1.165) is 24.0 Å². The molecule has 4 heteroatoms. The van der Waals surface area contributed by atoms with Crippen molar-refractivity contribution in [3.63, 3.8) is 0 Å². The van der Waals surface area contributed by atoms with Crippen LogP contribution in [-0.2, 0) is 11.2 Å². The number of aliphatic hydroxyl groups is 1. The van der Waals surface area contributed by atoms with Crippen LogP contribution in [0.3, 0.4) is 0 Å². The monoisotopic (exact) mass is 262 g/mol. The van der Waals surface area contributed by atoms with Gasteiger partial charge in [0.2, 0.25) is 5.91 Å². The predicted octanol–water partition coefficient (Wildman–Crippen LogP) is 1.14. The molecule has 1 aromatic carbocycles. The molecule has 1 aliphatic carbocycles. The third kappa shape index (κ3) is 3.14. The number of aliphatic hydroxyl groups excluding tert-OH is 1. The summed E-state index contributed by atoms with van der Waals surface area (Å²) in [7, 11) is 0. The first-order valence-electron chi connectivity index (χ1n) is 6.89. The third-order valence-corrected chi connectivity index (χ3v) is 3.79. The van der Waals surface area contributed by atoms with Crippen LogP contribution in [0.15, 0.2) is 24.3 Å². The van der Waals surface area contributed by atoms with E-state index in [9.17, 15) is 9.90 Å². The molecule has 0 saturated heterocycles. The summed E-state index contributed by atoms with van der Waals surface area (Å²) >= 11 is 0. The molecule has 1 aliphatic rings. The Bertz CT molecular complexity index is 448. The minimum atomic E-state index is -0.525. The molecule has 0 fully saturated rings. The highest BCUT2D eigenvalue weighted by molar-refractivity contribution is 5.79. The fourth-order valence-electron chi connectivity index (χ4n) is 2.60. The zero-order chi connectivity index (χ0) is 13.8. The molecule has 19 heavy (non-hydrogen) atoms. The van der Waals surface area contributed by atoms with Gasteiger partial charge in [-0.2, -0.15) is 0 Å². The van der Waals surface area contributed by atoms with Crippen LogP contribution in [0.2, 0.25) is 0 Å².